The maximum absolute atomic E-state index is 12.4. The molecule has 10 aliphatic heterocycles. The van der Waals surface area contributed by atoms with Crippen molar-refractivity contribution in [2.24, 2.45) is 23.7 Å². The topological polar surface area (TPSA) is 211 Å². The van der Waals surface area contributed by atoms with E-state index in [0.29, 0.717) is 77.0 Å². The Hall–Kier alpha value is -1.87. The molecule has 27 atom stereocenters. The van der Waals surface area contributed by atoms with Gasteiger partial charge in [-0.1, -0.05) is 58.1 Å². The zero-order valence-corrected chi connectivity index (χ0v) is 47.2. The molecule has 0 aromatic carbocycles. The van der Waals surface area contributed by atoms with Crippen LogP contribution in [-0.4, -0.2) is 176 Å². The molecule has 0 aromatic heterocycles. The minimum Gasteiger partial charge on any atom is -0.481 e. The number of carbonyl (C=O) groups is 1. The van der Waals surface area contributed by atoms with Crippen molar-refractivity contribution in [3.8, 4) is 0 Å². The highest BCUT2D eigenvalue weighted by Crippen LogP contribution is 2.54. The molecule has 0 aliphatic carbocycles. The molecule has 430 valence electrons. The average molecular weight is 1070 g/mol. The van der Waals surface area contributed by atoms with Gasteiger partial charge in [0.1, 0.15) is 17.8 Å². The predicted octanol–water partition coefficient (Wildman–Crippen LogP) is 7.23. The summed E-state index contributed by atoms with van der Waals surface area (Å²) in [7, 11) is 0. The first-order valence-corrected chi connectivity index (χ1v) is 29.4. The summed E-state index contributed by atoms with van der Waals surface area (Å²) >= 11 is 0. The van der Waals surface area contributed by atoms with Gasteiger partial charge in [0.15, 0.2) is 0 Å². The number of ether oxygens (including phenoxy) is 10. The minimum atomic E-state index is -1.20. The summed E-state index contributed by atoms with van der Waals surface area (Å²) in [5, 5.41) is 54.8. The Kier molecular flexibility index (Phi) is 16.5. The van der Waals surface area contributed by atoms with Crippen LogP contribution in [0.25, 0.3) is 0 Å². The van der Waals surface area contributed by atoms with Crippen LogP contribution >= 0.6 is 0 Å². The van der Waals surface area contributed by atoms with Gasteiger partial charge >= 0.3 is 5.97 Å². The van der Waals surface area contributed by atoms with Gasteiger partial charge in [-0.05, 0) is 123 Å². The van der Waals surface area contributed by atoms with E-state index in [9.17, 15) is 30.3 Å². The Morgan fingerprint density at radius 3 is 2.28 bits per heavy atom. The molecule has 10 heterocycles. The maximum atomic E-state index is 12.4. The lowest BCUT2D eigenvalue weighted by Gasteiger charge is -2.61. The molecule has 9 fully saturated rings. The monoisotopic (exact) mass is 1070 g/mol. The molecule has 0 aromatic rings. The van der Waals surface area contributed by atoms with Crippen molar-refractivity contribution in [1.82, 2.24) is 0 Å². The molecule has 10 aliphatic rings. The normalized spacial score (nSPS) is 52.1. The molecule has 9 saturated heterocycles. The number of carboxylic acid groups (broad SMARTS) is 1. The van der Waals surface area contributed by atoms with Crippen LogP contribution < -0.4 is 0 Å². The number of hydrogen-bond donors (Lipinski definition) is 5. The highest BCUT2D eigenvalue weighted by molar-refractivity contribution is 5.67. The Bertz CT molecular complexity index is 2150. The smallest absolute Gasteiger partial charge is 0.303 e. The third-order valence-corrected chi connectivity index (χ3v) is 20.2. The fourth-order valence-corrected chi connectivity index (χ4v) is 16.0. The zero-order chi connectivity index (χ0) is 54.4. The van der Waals surface area contributed by atoms with E-state index < -0.39 is 70.6 Å². The second-order valence-electron chi connectivity index (χ2n) is 27.0. The van der Waals surface area contributed by atoms with Crippen LogP contribution in [0.5, 0.6) is 0 Å². The van der Waals surface area contributed by atoms with E-state index in [1.807, 2.05) is 20.8 Å². The first-order chi connectivity index (χ1) is 35.8. The molecular formula is C60H94O16. The number of hydrogen-bond acceptors (Lipinski definition) is 15. The van der Waals surface area contributed by atoms with Gasteiger partial charge in [-0.2, -0.15) is 0 Å². The van der Waals surface area contributed by atoms with Crippen molar-refractivity contribution in [2.75, 3.05) is 6.61 Å². The van der Waals surface area contributed by atoms with Crippen LogP contribution in [0.2, 0.25) is 0 Å². The first kappa shape index (κ1) is 57.4. The molecule has 5 N–H and O–H groups in total. The molecule has 76 heavy (non-hydrogen) atoms. The summed E-state index contributed by atoms with van der Waals surface area (Å²) in [4.78, 5) is 11.4. The highest BCUT2D eigenvalue weighted by Gasteiger charge is 2.65. The van der Waals surface area contributed by atoms with Gasteiger partial charge in [0.2, 0.25) is 0 Å². The van der Waals surface area contributed by atoms with Crippen molar-refractivity contribution in [1.29, 1.82) is 0 Å². The third kappa shape index (κ3) is 11.2. The second kappa shape index (κ2) is 21.8. The van der Waals surface area contributed by atoms with Gasteiger partial charge < -0.3 is 72.9 Å². The lowest BCUT2D eigenvalue weighted by molar-refractivity contribution is -0.369. The fraction of sp³-hybridized carbons (Fsp3) is 0.883. The summed E-state index contributed by atoms with van der Waals surface area (Å²) in [6.45, 7) is 24.9. The van der Waals surface area contributed by atoms with Crippen LogP contribution in [0.1, 0.15) is 166 Å². The number of aliphatic hydroxyl groups excluding tert-OH is 3. The zero-order valence-electron chi connectivity index (χ0n) is 47.2. The van der Waals surface area contributed by atoms with Gasteiger partial charge in [-0.15, -0.1) is 0 Å². The van der Waals surface area contributed by atoms with Crippen LogP contribution in [0.3, 0.4) is 0 Å². The second-order valence-corrected chi connectivity index (χ2v) is 27.0. The summed E-state index contributed by atoms with van der Waals surface area (Å²) in [6.07, 6.45) is 7.40. The first-order valence-electron chi connectivity index (χ1n) is 29.4. The van der Waals surface area contributed by atoms with Crippen LogP contribution in [0, 0.1) is 23.7 Å². The van der Waals surface area contributed by atoms with Gasteiger partial charge in [0.25, 0.3) is 0 Å². The van der Waals surface area contributed by atoms with E-state index in [-0.39, 0.29) is 116 Å². The summed E-state index contributed by atoms with van der Waals surface area (Å²) in [6, 6.07) is 0. The molecule has 10 rings (SSSR count). The molecule has 0 spiro atoms. The lowest BCUT2D eigenvalue weighted by atomic mass is 9.72. The molecule has 0 radical (unpaired) electrons. The van der Waals surface area contributed by atoms with Crippen LogP contribution in [0.15, 0.2) is 36.0 Å². The van der Waals surface area contributed by atoms with E-state index in [2.05, 4.69) is 66.3 Å². The van der Waals surface area contributed by atoms with Gasteiger partial charge in [-0.25, -0.2) is 0 Å². The Balaban J connectivity index is 0.794. The molecule has 16 heteroatoms. The number of aliphatic carboxylic acids is 1. The molecule has 0 unspecified atom stereocenters. The van der Waals surface area contributed by atoms with Crippen LogP contribution in [0.4, 0.5) is 0 Å². The maximum Gasteiger partial charge on any atom is 0.303 e. The van der Waals surface area contributed by atoms with E-state index in [4.69, 9.17) is 47.4 Å². The van der Waals surface area contributed by atoms with E-state index in [1.54, 1.807) is 6.92 Å². The van der Waals surface area contributed by atoms with Crippen molar-refractivity contribution in [2.45, 2.75) is 303 Å². The van der Waals surface area contributed by atoms with Crippen molar-refractivity contribution < 1.29 is 77.7 Å². The quantitative estimate of drug-likeness (QED) is 0.129. The number of carboxylic acids is 1. The highest BCUT2D eigenvalue weighted by atomic mass is 16.6. The van der Waals surface area contributed by atoms with Gasteiger partial charge in [0, 0.05) is 44.6 Å². The SMILES string of the molecule is C=C1C[C@H]2O[C@H]3[C@@H](C[C@]2(C)O[C@@H]1C/C(C)=C/[C@@H](C)CO)O[C@H]1C[C@H]2O[C@H]4CC[C@H]5O[C@H]6C[C@H]7O[C@@H](C[C@H](O)C[C@@H]8C[C@@H](C)[C@@H]([C@@H](C)CC(=O)O)O8)[C@](C)(O)CC[C@@H]7O[C@]6(C)C[C@]5(C)O[C@@H]4C/C=C\[C@H](C)[C@@H]2O[C@@]1(C)[C@H]3O. The van der Waals surface area contributed by atoms with Crippen LogP contribution in [-0.2, 0) is 52.2 Å². The summed E-state index contributed by atoms with van der Waals surface area (Å²) in [5.74, 6) is -0.759. The molecular weight excluding hydrogens is 977 g/mol. The van der Waals surface area contributed by atoms with Crippen molar-refractivity contribution in [3.63, 3.8) is 0 Å². The largest absolute Gasteiger partial charge is 0.481 e. The van der Waals surface area contributed by atoms with Crippen molar-refractivity contribution in [3.05, 3.63) is 36.0 Å². The molecule has 16 nitrogen and oxygen atoms in total. The number of fused-ring (bicyclic) bond motifs is 8. The third-order valence-electron chi connectivity index (χ3n) is 20.2. The average Bonchev–Trinajstić information content (AvgIpc) is 3.71. The summed E-state index contributed by atoms with van der Waals surface area (Å²) in [5.41, 5.74) is -2.18. The Labute approximate surface area is 451 Å². The molecule has 0 bridgehead atoms. The molecule has 0 saturated carbocycles. The predicted molar refractivity (Wildman–Crippen MR) is 280 cm³/mol. The van der Waals surface area contributed by atoms with E-state index >= 15 is 0 Å². The Morgan fingerprint density at radius 1 is 0.789 bits per heavy atom. The van der Waals surface area contributed by atoms with Gasteiger partial charge in [-0.3, -0.25) is 4.79 Å². The molecule has 0 amide bonds. The Morgan fingerprint density at radius 2 is 1.53 bits per heavy atom. The van der Waals surface area contributed by atoms with E-state index in [0.717, 1.165) is 17.6 Å². The number of rotatable bonds is 11. The van der Waals surface area contributed by atoms with Crippen molar-refractivity contribution >= 4 is 5.97 Å². The summed E-state index contributed by atoms with van der Waals surface area (Å²) < 4.78 is 70.0. The fourth-order valence-electron chi connectivity index (χ4n) is 16.0. The minimum absolute atomic E-state index is 0.0239. The number of aliphatic hydroxyl groups is 4. The van der Waals surface area contributed by atoms with Gasteiger partial charge in [0.05, 0.1) is 126 Å². The standard InChI is InChI=1S/C60H94O16/c1-31(19-32(2)29-61)20-42-34(4)22-48-57(8,75-42)28-45-54(72-48)55(65)60(11)50(70-45)27-44-53(76-60)33(3)13-12-14-40-39(68-44)15-16-46-58(9,73-40)30-59(10)49(71-46)26-43-41(74-59)17-18-56(7,66)47(69-43)25-37(62)24-38-21-35(5)52(67-38)36(6)23-51(63)64/h12-13,19,32-33,35-50,52-55,61-62,65-66H,4,14-18,20-30H2,1-3,5-11H3,(H,63,64)/b13-12-,31-19+/t32-,33+,35-,36+,37-,38+,39+,40-,41+,42-,43-,44-,45-,46-,47+,48-,49+,50+,52+,53+,54+,55+,56-,57+,58+,59-,60-/m1/s1. The lowest BCUT2D eigenvalue weighted by Crippen LogP contribution is -2.74. The van der Waals surface area contributed by atoms with E-state index in [1.165, 1.54) is 0 Å².